The minimum atomic E-state index is -0.277. The van der Waals surface area contributed by atoms with Gasteiger partial charge in [-0.3, -0.25) is 0 Å². The van der Waals surface area contributed by atoms with Gasteiger partial charge in [-0.25, -0.2) is 4.39 Å². The van der Waals surface area contributed by atoms with E-state index in [0.29, 0.717) is 0 Å². The highest BCUT2D eigenvalue weighted by molar-refractivity contribution is 5.84. The number of aromatic amines is 1. The molecule has 0 aliphatic heterocycles. The lowest BCUT2D eigenvalue weighted by Gasteiger charge is -1.94. The van der Waals surface area contributed by atoms with Crippen LogP contribution in [-0.4, -0.2) is 10.1 Å². The third kappa shape index (κ3) is 1.21. The molecule has 0 aliphatic rings. The van der Waals surface area contributed by atoms with Crippen molar-refractivity contribution in [2.75, 3.05) is 0 Å². The summed E-state index contributed by atoms with van der Waals surface area (Å²) in [5.74, 6) is -0.277. The van der Waals surface area contributed by atoms with Crippen LogP contribution in [0.3, 0.4) is 0 Å². The van der Waals surface area contributed by atoms with Gasteiger partial charge < -0.3 is 10.1 Å². The quantitative estimate of drug-likeness (QED) is 0.691. The summed E-state index contributed by atoms with van der Waals surface area (Å²) in [7, 11) is 0. The van der Waals surface area contributed by atoms with Gasteiger partial charge in [0.15, 0.2) is 0 Å². The van der Waals surface area contributed by atoms with Crippen molar-refractivity contribution in [3.8, 4) is 0 Å². The number of halogens is 1. The van der Waals surface area contributed by atoms with Crippen LogP contribution in [0.25, 0.3) is 10.9 Å². The van der Waals surface area contributed by atoms with E-state index in [9.17, 15) is 4.39 Å². The summed E-state index contributed by atoms with van der Waals surface area (Å²) in [5, 5.41) is 9.82. The Morgan fingerprint density at radius 1 is 1.46 bits per heavy atom. The lowest BCUT2D eigenvalue weighted by molar-refractivity contribution is 0.282. The number of aryl methyl sites for hydroxylation is 1. The number of H-pyrrole nitrogens is 1. The molecule has 0 amide bonds. The van der Waals surface area contributed by atoms with Gasteiger partial charge >= 0.3 is 0 Å². The number of fused-ring (bicyclic) bond motifs is 1. The first-order valence-electron chi connectivity index (χ1n) is 4.10. The van der Waals surface area contributed by atoms with Crippen molar-refractivity contribution in [1.82, 2.24) is 4.98 Å². The summed E-state index contributed by atoms with van der Waals surface area (Å²) < 4.78 is 12.9. The molecule has 0 spiro atoms. The molecule has 2 rings (SSSR count). The topological polar surface area (TPSA) is 36.0 Å². The van der Waals surface area contributed by atoms with Crippen LogP contribution in [-0.2, 0) is 6.61 Å². The number of nitrogens with one attached hydrogen (secondary N) is 1. The van der Waals surface area contributed by atoms with Gasteiger partial charge in [-0.1, -0.05) is 0 Å². The molecule has 0 aliphatic carbocycles. The molecule has 3 heteroatoms. The maximum atomic E-state index is 12.9. The Bertz CT molecular complexity index is 447. The molecular weight excluding hydrogens is 169 g/mol. The summed E-state index contributed by atoms with van der Waals surface area (Å²) in [6, 6.07) is 4.51. The second-order valence-electron chi connectivity index (χ2n) is 3.08. The normalized spacial score (nSPS) is 11.0. The molecule has 2 nitrogen and oxygen atoms in total. The first-order valence-corrected chi connectivity index (χ1v) is 4.10. The fourth-order valence-electron chi connectivity index (χ4n) is 1.56. The summed E-state index contributed by atoms with van der Waals surface area (Å²) in [6.45, 7) is 1.80. The van der Waals surface area contributed by atoms with Gasteiger partial charge in [-0.2, -0.15) is 0 Å². The van der Waals surface area contributed by atoms with Crippen molar-refractivity contribution in [3.63, 3.8) is 0 Å². The van der Waals surface area contributed by atoms with Crippen LogP contribution < -0.4 is 0 Å². The molecule has 0 fully saturated rings. The minimum absolute atomic E-state index is 0.0602. The monoisotopic (exact) mass is 179 g/mol. The van der Waals surface area contributed by atoms with Crippen LogP contribution in [0.1, 0.15) is 11.3 Å². The Labute approximate surface area is 75.0 Å². The number of benzene rings is 1. The van der Waals surface area contributed by atoms with E-state index in [1.807, 2.05) is 6.92 Å². The zero-order chi connectivity index (χ0) is 9.42. The standard InChI is InChI=1S/C10H10FNO/c1-6-9(5-13)8-4-7(11)2-3-10(8)12-6/h2-4,12-13H,5H2,1H3. The molecule has 0 saturated carbocycles. The Morgan fingerprint density at radius 3 is 2.92 bits per heavy atom. The number of aliphatic hydroxyl groups excluding tert-OH is 1. The second-order valence-corrected chi connectivity index (χ2v) is 3.08. The molecule has 0 radical (unpaired) electrons. The predicted molar refractivity (Wildman–Crippen MR) is 48.9 cm³/mol. The van der Waals surface area contributed by atoms with Gasteiger partial charge in [0, 0.05) is 22.2 Å². The van der Waals surface area contributed by atoms with Gasteiger partial charge in [0.1, 0.15) is 5.82 Å². The zero-order valence-corrected chi connectivity index (χ0v) is 7.26. The largest absolute Gasteiger partial charge is 0.392 e. The summed E-state index contributed by atoms with van der Waals surface area (Å²) in [4.78, 5) is 3.08. The van der Waals surface area contributed by atoms with Crippen molar-refractivity contribution in [1.29, 1.82) is 0 Å². The molecule has 68 valence electrons. The van der Waals surface area contributed by atoms with Crippen molar-refractivity contribution in [2.24, 2.45) is 0 Å². The van der Waals surface area contributed by atoms with Crippen LogP contribution in [0.15, 0.2) is 18.2 Å². The highest BCUT2D eigenvalue weighted by Crippen LogP contribution is 2.22. The Hall–Kier alpha value is -1.35. The maximum absolute atomic E-state index is 12.9. The Morgan fingerprint density at radius 2 is 2.23 bits per heavy atom. The average Bonchev–Trinajstić information content (AvgIpc) is 2.40. The number of aromatic nitrogens is 1. The molecule has 0 bridgehead atoms. The SMILES string of the molecule is Cc1[nH]c2ccc(F)cc2c1CO. The molecule has 1 heterocycles. The van der Waals surface area contributed by atoms with Crippen LogP contribution in [0, 0.1) is 12.7 Å². The van der Waals surface area contributed by atoms with E-state index in [1.54, 1.807) is 6.07 Å². The van der Waals surface area contributed by atoms with E-state index in [4.69, 9.17) is 5.11 Å². The smallest absolute Gasteiger partial charge is 0.123 e. The van der Waals surface area contributed by atoms with Gasteiger partial charge in [0.25, 0.3) is 0 Å². The molecule has 2 aromatic rings. The fourth-order valence-corrected chi connectivity index (χ4v) is 1.56. The second kappa shape index (κ2) is 2.85. The van der Waals surface area contributed by atoms with Crippen LogP contribution in [0.2, 0.25) is 0 Å². The maximum Gasteiger partial charge on any atom is 0.123 e. The van der Waals surface area contributed by atoms with E-state index >= 15 is 0 Å². The molecule has 13 heavy (non-hydrogen) atoms. The van der Waals surface area contributed by atoms with E-state index in [-0.39, 0.29) is 12.4 Å². The third-order valence-electron chi connectivity index (χ3n) is 2.24. The average molecular weight is 179 g/mol. The summed E-state index contributed by atoms with van der Waals surface area (Å²) in [6.07, 6.45) is 0. The molecule has 1 aromatic carbocycles. The fraction of sp³-hybridized carbons (Fsp3) is 0.200. The lowest BCUT2D eigenvalue weighted by atomic mass is 10.1. The summed E-state index contributed by atoms with van der Waals surface area (Å²) in [5.41, 5.74) is 2.53. The Balaban J connectivity index is 2.80. The highest BCUT2D eigenvalue weighted by Gasteiger charge is 2.07. The van der Waals surface area contributed by atoms with Crippen molar-refractivity contribution >= 4 is 10.9 Å². The number of hydrogen-bond acceptors (Lipinski definition) is 1. The highest BCUT2D eigenvalue weighted by atomic mass is 19.1. The molecule has 0 saturated heterocycles. The van der Waals surface area contributed by atoms with E-state index in [0.717, 1.165) is 22.2 Å². The van der Waals surface area contributed by atoms with Gasteiger partial charge in [0.2, 0.25) is 0 Å². The van der Waals surface area contributed by atoms with E-state index < -0.39 is 0 Å². The Kier molecular flexibility index (Phi) is 1.81. The molecular formula is C10H10FNO. The number of rotatable bonds is 1. The molecule has 0 atom stereocenters. The third-order valence-corrected chi connectivity index (χ3v) is 2.24. The van der Waals surface area contributed by atoms with Gasteiger partial charge in [-0.15, -0.1) is 0 Å². The summed E-state index contributed by atoms with van der Waals surface area (Å²) >= 11 is 0. The van der Waals surface area contributed by atoms with Crippen molar-refractivity contribution in [2.45, 2.75) is 13.5 Å². The van der Waals surface area contributed by atoms with Gasteiger partial charge in [-0.05, 0) is 25.1 Å². The van der Waals surface area contributed by atoms with Gasteiger partial charge in [0.05, 0.1) is 6.61 Å². The number of hydrogen-bond donors (Lipinski definition) is 2. The van der Waals surface area contributed by atoms with Crippen LogP contribution in [0.5, 0.6) is 0 Å². The lowest BCUT2D eigenvalue weighted by Crippen LogP contribution is -1.83. The van der Waals surface area contributed by atoms with Crippen LogP contribution in [0.4, 0.5) is 4.39 Å². The molecule has 2 N–H and O–H groups in total. The first-order chi connectivity index (χ1) is 6.22. The first kappa shape index (κ1) is 8.26. The zero-order valence-electron chi connectivity index (χ0n) is 7.26. The van der Waals surface area contributed by atoms with E-state index in [2.05, 4.69) is 4.98 Å². The van der Waals surface area contributed by atoms with E-state index in [1.165, 1.54) is 12.1 Å². The number of aliphatic hydroxyl groups is 1. The molecule has 1 aromatic heterocycles. The minimum Gasteiger partial charge on any atom is -0.392 e. The van der Waals surface area contributed by atoms with Crippen molar-refractivity contribution < 1.29 is 9.50 Å². The molecule has 0 unspecified atom stereocenters. The predicted octanol–water partition coefficient (Wildman–Crippen LogP) is 2.11. The van der Waals surface area contributed by atoms with Crippen LogP contribution >= 0.6 is 0 Å². The van der Waals surface area contributed by atoms with Crippen molar-refractivity contribution in [3.05, 3.63) is 35.3 Å².